The average molecular weight is 129 g/mol. The molecule has 0 radical (unpaired) electrons. The molecule has 0 aromatic heterocycles. The van der Waals surface area contributed by atoms with Crippen LogP contribution >= 0.6 is 0 Å². The third-order valence-corrected chi connectivity index (χ3v) is 1.11. The van der Waals surface area contributed by atoms with Gasteiger partial charge in [0.25, 0.3) is 0 Å². The summed E-state index contributed by atoms with van der Waals surface area (Å²) >= 11 is 0. The van der Waals surface area contributed by atoms with Gasteiger partial charge in [0.05, 0.1) is 13.2 Å². The lowest BCUT2D eigenvalue weighted by atomic mass is 10.4. The Kier molecular flexibility index (Phi) is 2.51. The van der Waals surface area contributed by atoms with Crippen LogP contribution < -0.4 is 5.32 Å². The van der Waals surface area contributed by atoms with Crippen molar-refractivity contribution in [2.24, 2.45) is 0 Å². The quantitative estimate of drug-likeness (QED) is 0.464. The van der Waals surface area contributed by atoms with Crippen molar-refractivity contribution in [2.45, 2.75) is 12.8 Å². The molecule has 0 aromatic carbocycles. The minimum atomic E-state index is 0.204. The number of carbonyl (C=O) groups excluding carboxylic acids is 1. The van der Waals surface area contributed by atoms with Gasteiger partial charge in [-0.1, -0.05) is 0 Å². The molecule has 2 fully saturated rings. The molecule has 2 aliphatic rings. The van der Waals surface area contributed by atoms with Crippen molar-refractivity contribution in [1.29, 1.82) is 0 Å². The number of carbonyl (C=O) groups is 1. The van der Waals surface area contributed by atoms with Crippen LogP contribution in [0.25, 0.3) is 0 Å². The van der Waals surface area contributed by atoms with E-state index in [-0.39, 0.29) is 5.91 Å². The van der Waals surface area contributed by atoms with Gasteiger partial charge in [0.15, 0.2) is 0 Å². The molecule has 2 rings (SSSR count). The van der Waals surface area contributed by atoms with Crippen molar-refractivity contribution in [1.82, 2.24) is 5.32 Å². The molecule has 3 heteroatoms. The molecule has 1 N–H and O–H groups in total. The van der Waals surface area contributed by atoms with Crippen LogP contribution in [-0.4, -0.2) is 25.7 Å². The number of epoxide rings is 1. The summed E-state index contributed by atoms with van der Waals surface area (Å²) in [6.45, 7) is 2.89. The number of ether oxygens (including phenoxy) is 1. The zero-order valence-electron chi connectivity index (χ0n) is 5.35. The zero-order valence-corrected chi connectivity index (χ0v) is 5.35. The number of hydrogen-bond acceptors (Lipinski definition) is 2. The van der Waals surface area contributed by atoms with E-state index in [2.05, 4.69) is 10.1 Å². The van der Waals surface area contributed by atoms with Crippen LogP contribution in [0.5, 0.6) is 0 Å². The van der Waals surface area contributed by atoms with Gasteiger partial charge in [-0.3, -0.25) is 4.79 Å². The van der Waals surface area contributed by atoms with Crippen LogP contribution in [0.4, 0.5) is 0 Å². The Bertz CT molecular complexity index is 90.5. The molecule has 1 amide bonds. The van der Waals surface area contributed by atoms with E-state index < -0.39 is 0 Å². The Morgan fingerprint density at radius 2 is 2.11 bits per heavy atom. The standard InChI is InChI=1S/C4H7NO.C2H4O/c6-4-2-1-3-5-4;1-2-3-1/h1-3H2,(H,5,6);1-2H2. The highest BCUT2D eigenvalue weighted by atomic mass is 16.6. The Morgan fingerprint density at radius 3 is 2.22 bits per heavy atom. The maximum Gasteiger partial charge on any atom is 0.220 e. The summed E-state index contributed by atoms with van der Waals surface area (Å²) < 4.78 is 4.50. The van der Waals surface area contributed by atoms with E-state index in [0.717, 1.165) is 32.6 Å². The number of nitrogens with one attached hydrogen (secondary N) is 1. The van der Waals surface area contributed by atoms with Crippen LogP contribution in [0.3, 0.4) is 0 Å². The lowest BCUT2D eigenvalue weighted by molar-refractivity contribution is -0.119. The monoisotopic (exact) mass is 129 g/mol. The van der Waals surface area contributed by atoms with E-state index in [1.165, 1.54) is 0 Å². The average Bonchev–Trinajstić information content (AvgIpc) is 2.64. The van der Waals surface area contributed by atoms with E-state index in [4.69, 9.17) is 0 Å². The molecule has 52 valence electrons. The largest absolute Gasteiger partial charge is 0.377 e. The van der Waals surface area contributed by atoms with Crippen LogP contribution in [0.1, 0.15) is 12.8 Å². The summed E-state index contributed by atoms with van der Waals surface area (Å²) in [4.78, 5) is 10.1. The van der Waals surface area contributed by atoms with Gasteiger partial charge < -0.3 is 10.1 Å². The maximum atomic E-state index is 10.1. The normalized spacial score (nSPS) is 22.0. The minimum Gasteiger partial charge on any atom is -0.377 e. The molecule has 9 heavy (non-hydrogen) atoms. The third-order valence-electron chi connectivity index (χ3n) is 1.11. The molecule has 0 saturated carbocycles. The van der Waals surface area contributed by atoms with Gasteiger partial charge in [-0.05, 0) is 6.42 Å². The Hall–Kier alpha value is -0.570. The van der Waals surface area contributed by atoms with Crippen LogP contribution in [0.2, 0.25) is 0 Å². The first-order valence-electron chi connectivity index (χ1n) is 3.24. The van der Waals surface area contributed by atoms with Crippen LogP contribution in [-0.2, 0) is 9.53 Å². The van der Waals surface area contributed by atoms with Gasteiger partial charge in [0, 0.05) is 13.0 Å². The number of hydrogen-bond donors (Lipinski definition) is 1. The fourth-order valence-electron chi connectivity index (χ4n) is 0.565. The van der Waals surface area contributed by atoms with Gasteiger partial charge in [-0.25, -0.2) is 0 Å². The van der Waals surface area contributed by atoms with E-state index in [9.17, 15) is 4.79 Å². The van der Waals surface area contributed by atoms with Crippen molar-refractivity contribution < 1.29 is 9.53 Å². The zero-order chi connectivity index (χ0) is 6.53. The van der Waals surface area contributed by atoms with Crippen molar-refractivity contribution in [3.63, 3.8) is 0 Å². The molecular weight excluding hydrogens is 118 g/mol. The van der Waals surface area contributed by atoms with Crippen molar-refractivity contribution in [3.05, 3.63) is 0 Å². The van der Waals surface area contributed by atoms with Gasteiger partial charge >= 0.3 is 0 Å². The summed E-state index contributed by atoms with van der Waals surface area (Å²) in [6.07, 6.45) is 1.76. The molecular formula is C6H11NO2. The summed E-state index contributed by atoms with van der Waals surface area (Å²) in [7, 11) is 0. The first kappa shape index (κ1) is 6.55. The fourth-order valence-corrected chi connectivity index (χ4v) is 0.565. The molecule has 2 heterocycles. The second-order valence-electron chi connectivity index (χ2n) is 2.07. The molecule has 3 nitrogen and oxygen atoms in total. The second kappa shape index (κ2) is 3.45. The van der Waals surface area contributed by atoms with Crippen LogP contribution in [0.15, 0.2) is 0 Å². The Labute approximate surface area is 54.4 Å². The smallest absolute Gasteiger partial charge is 0.220 e. The van der Waals surface area contributed by atoms with E-state index >= 15 is 0 Å². The van der Waals surface area contributed by atoms with E-state index in [1.807, 2.05) is 0 Å². The lowest BCUT2D eigenvalue weighted by Gasteiger charge is -1.80. The maximum absolute atomic E-state index is 10.1. The highest BCUT2D eigenvalue weighted by Crippen LogP contribution is 1.93. The SMILES string of the molecule is C1CO1.O=C1CCCN1. The molecule has 0 aromatic rings. The Morgan fingerprint density at radius 1 is 1.44 bits per heavy atom. The summed E-state index contributed by atoms with van der Waals surface area (Å²) in [5, 5.41) is 2.68. The molecule has 2 saturated heterocycles. The Balaban J connectivity index is 0.000000112. The van der Waals surface area contributed by atoms with Gasteiger partial charge in [-0.15, -0.1) is 0 Å². The first-order chi connectivity index (χ1) is 4.39. The summed E-state index contributed by atoms with van der Waals surface area (Å²) in [6, 6.07) is 0. The molecule has 0 atom stereocenters. The second-order valence-corrected chi connectivity index (χ2v) is 2.07. The molecule has 0 unspecified atom stereocenters. The lowest BCUT2D eigenvalue weighted by Crippen LogP contribution is -2.12. The van der Waals surface area contributed by atoms with Crippen molar-refractivity contribution >= 4 is 5.91 Å². The minimum absolute atomic E-state index is 0.204. The van der Waals surface area contributed by atoms with E-state index in [0.29, 0.717) is 0 Å². The van der Waals surface area contributed by atoms with Crippen molar-refractivity contribution in [2.75, 3.05) is 19.8 Å². The van der Waals surface area contributed by atoms with Gasteiger partial charge in [0.1, 0.15) is 0 Å². The fraction of sp³-hybridized carbons (Fsp3) is 0.833. The van der Waals surface area contributed by atoms with Crippen LogP contribution in [0, 0.1) is 0 Å². The number of rotatable bonds is 0. The predicted molar refractivity (Wildman–Crippen MR) is 33.1 cm³/mol. The topological polar surface area (TPSA) is 41.6 Å². The van der Waals surface area contributed by atoms with E-state index in [1.54, 1.807) is 0 Å². The molecule has 0 aliphatic carbocycles. The first-order valence-corrected chi connectivity index (χ1v) is 3.24. The summed E-state index contributed by atoms with van der Waals surface area (Å²) in [5.74, 6) is 0.204. The number of amides is 1. The molecule has 0 spiro atoms. The van der Waals surface area contributed by atoms with Gasteiger partial charge in [-0.2, -0.15) is 0 Å². The van der Waals surface area contributed by atoms with Gasteiger partial charge in [0.2, 0.25) is 5.91 Å². The third kappa shape index (κ3) is 3.97. The highest BCUT2D eigenvalue weighted by molar-refractivity contribution is 5.77. The van der Waals surface area contributed by atoms with Crippen molar-refractivity contribution in [3.8, 4) is 0 Å². The predicted octanol–water partition coefficient (Wildman–Crippen LogP) is -0.0870. The molecule has 2 aliphatic heterocycles. The highest BCUT2D eigenvalue weighted by Gasteiger charge is 2.05. The molecule has 0 bridgehead atoms. The summed E-state index contributed by atoms with van der Waals surface area (Å²) in [5.41, 5.74) is 0.